The monoisotopic (exact) mass is 274 g/mol. The Labute approximate surface area is 111 Å². The highest BCUT2D eigenvalue weighted by Crippen LogP contribution is 2.18. The smallest absolute Gasteiger partial charge is 0.126 e. The molecule has 0 saturated heterocycles. The lowest BCUT2D eigenvalue weighted by Gasteiger charge is -2.18. The van der Waals surface area contributed by atoms with E-state index in [0.29, 0.717) is 17.2 Å². The molecule has 3 N–H and O–H groups in total. The van der Waals surface area contributed by atoms with Crippen molar-refractivity contribution < 1.29 is 8.78 Å². The molecule has 1 rings (SSSR count). The highest BCUT2D eigenvalue weighted by molar-refractivity contribution is 7.99. The van der Waals surface area contributed by atoms with Gasteiger partial charge < -0.3 is 0 Å². The van der Waals surface area contributed by atoms with Gasteiger partial charge in [0.2, 0.25) is 0 Å². The normalized spacial score (nSPS) is 14.5. The zero-order chi connectivity index (χ0) is 13.5. The summed E-state index contributed by atoms with van der Waals surface area (Å²) in [7, 11) is 0. The number of halogens is 2. The average molecular weight is 274 g/mol. The number of thioether (sulfide) groups is 1. The van der Waals surface area contributed by atoms with Gasteiger partial charge in [0.15, 0.2) is 0 Å². The fourth-order valence-corrected chi connectivity index (χ4v) is 2.54. The second-order valence-corrected chi connectivity index (χ2v) is 5.83. The highest BCUT2D eigenvalue weighted by Gasteiger charge is 2.13. The van der Waals surface area contributed by atoms with Crippen molar-refractivity contribution in [2.24, 2.45) is 5.84 Å². The number of hydrogen-bond acceptors (Lipinski definition) is 3. The average Bonchev–Trinajstić information content (AvgIpc) is 2.37. The van der Waals surface area contributed by atoms with Gasteiger partial charge in [-0.2, -0.15) is 11.8 Å². The van der Waals surface area contributed by atoms with Crippen LogP contribution in [0.3, 0.4) is 0 Å². The van der Waals surface area contributed by atoms with Gasteiger partial charge in [0, 0.05) is 17.0 Å². The predicted molar refractivity (Wildman–Crippen MR) is 73.4 cm³/mol. The Kier molecular flexibility index (Phi) is 6.60. The molecule has 5 heteroatoms. The van der Waals surface area contributed by atoms with E-state index in [2.05, 4.69) is 19.3 Å². The summed E-state index contributed by atoms with van der Waals surface area (Å²) in [5.74, 6) is 5.43. The second-order valence-electron chi connectivity index (χ2n) is 4.36. The van der Waals surface area contributed by atoms with Gasteiger partial charge in [-0.1, -0.05) is 13.8 Å². The van der Waals surface area contributed by atoms with Crippen LogP contribution in [0.15, 0.2) is 18.2 Å². The number of nitrogens with one attached hydrogen (secondary N) is 1. The standard InChI is InChI=1S/C13H20F2N2S/c1-3-9(2)18-8-12(17-16)7-10-6-11(14)4-5-13(10)15/h4-6,9,12,17H,3,7-8,16H2,1-2H3. The molecule has 0 aliphatic heterocycles. The van der Waals surface area contributed by atoms with E-state index in [1.807, 2.05) is 0 Å². The molecule has 0 aliphatic rings. The number of hydrazine groups is 1. The molecule has 0 amide bonds. The molecule has 2 nitrogen and oxygen atoms in total. The maximum atomic E-state index is 13.5. The minimum atomic E-state index is -0.420. The SMILES string of the molecule is CCC(C)SCC(Cc1cc(F)ccc1F)NN. The molecule has 0 spiro atoms. The van der Waals surface area contributed by atoms with Gasteiger partial charge in [-0.25, -0.2) is 8.78 Å². The molecule has 18 heavy (non-hydrogen) atoms. The first-order chi connectivity index (χ1) is 8.56. The van der Waals surface area contributed by atoms with Gasteiger partial charge in [0.05, 0.1) is 0 Å². The molecule has 1 aromatic carbocycles. The van der Waals surface area contributed by atoms with Crippen LogP contribution in [0.25, 0.3) is 0 Å². The lowest BCUT2D eigenvalue weighted by atomic mass is 10.1. The largest absolute Gasteiger partial charge is 0.271 e. The van der Waals surface area contributed by atoms with Gasteiger partial charge in [-0.3, -0.25) is 11.3 Å². The Morgan fingerprint density at radius 2 is 2.11 bits per heavy atom. The summed E-state index contributed by atoms with van der Waals surface area (Å²) in [6.07, 6.45) is 1.47. The van der Waals surface area contributed by atoms with E-state index in [4.69, 9.17) is 5.84 Å². The molecule has 0 fully saturated rings. The first-order valence-corrected chi connectivity index (χ1v) is 7.13. The fraction of sp³-hybridized carbons (Fsp3) is 0.538. The lowest BCUT2D eigenvalue weighted by Crippen LogP contribution is -2.39. The third kappa shape index (κ3) is 4.92. The number of benzene rings is 1. The molecule has 1 aromatic rings. The maximum absolute atomic E-state index is 13.5. The fourth-order valence-electron chi connectivity index (χ4n) is 1.53. The third-order valence-corrected chi connectivity index (χ3v) is 4.36. The molecule has 0 aromatic heterocycles. The molecule has 0 bridgehead atoms. The Bertz CT molecular complexity index is 374. The van der Waals surface area contributed by atoms with E-state index in [0.717, 1.165) is 24.3 Å². The first kappa shape index (κ1) is 15.4. The predicted octanol–water partition coefficient (Wildman–Crippen LogP) is 2.87. The van der Waals surface area contributed by atoms with Crippen LogP contribution in [0.2, 0.25) is 0 Å². The Balaban J connectivity index is 2.59. The van der Waals surface area contributed by atoms with Crippen LogP contribution in [0.5, 0.6) is 0 Å². The Morgan fingerprint density at radius 1 is 1.39 bits per heavy atom. The lowest BCUT2D eigenvalue weighted by molar-refractivity contribution is 0.538. The van der Waals surface area contributed by atoms with Crippen molar-refractivity contribution in [2.75, 3.05) is 5.75 Å². The minimum absolute atomic E-state index is 0.0553. The van der Waals surface area contributed by atoms with Gasteiger partial charge in [0.1, 0.15) is 11.6 Å². The van der Waals surface area contributed by atoms with Crippen LogP contribution >= 0.6 is 11.8 Å². The van der Waals surface area contributed by atoms with Crippen LogP contribution in [0.4, 0.5) is 8.78 Å². The molecule has 0 aliphatic carbocycles. The second kappa shape index (κ2) is 7.71. The summed E-state index contributed by atoms with van der Waals surface area (Å²) in [5, 5.41) is 0.540. The maximum Gasteiger partial charge on any atom is 0.126 e. The molecule has 0 saturated carbocycles. The Morgan fingerprint density at radius 3 is 2.72 bits per heavy atom. The van der Waals surface area contributed by atoms with Gasteiger partial charge in [-0.15, -0.1) is 0 Å². The van der Waals surface area contributed by atoms with Crippen LogP contribution in [-0.2, 0) is 6.42 Å². The molecular weight excluding hydrogens is 254 g/mol. The minimum Gasteiger partial charge on any atom is -0.271 e. The number of rotatable bonds is 7. The van der Waals surface area contributed by atoms with Crippen molar-refractivity contribution in [1.82, 2.24) is 5.43 Å². The summed E-state index contributed by atoms with van der Waals surface area (Å²) < 4.78 is 26.5. The molecular formula is C13H20F2N2S. The quantitative estimate of drug-likeness (QED) is 0.593. The molecule has 0 radical (unpaired) electrons. The topological polar surface area (TPSA) is 38.0 Å². The number of nitrogens with two attached hydrogens (primary N) is 1. The van der Waals surface area contributed by atoms with Crippen molar-refractivity contribution in [1.29, 1.82) is 0 Å². The van der Waals surface area contributed by atoms with E-state index in [-0.39, 0.29) is 11.9 Å². The van der Waals surface area contributed by atoms with Crippen molar-refractivity contribution in [3.63, 3.8) is 0 Å². The Hall–Kier alpha value is -0.650. The van der Waals surface area contributed by atoms with E-state index >= 15 is 0 Å². The van der Waals surface area contributed by atoms with Gasteiger partial charge in [0.25, 0.3) is 0 Å². The van der Waals surface area contributed by atoms with E-state index in [9.17, 15) is 8.78 Å². The highest BCUT2D eigenvalue weighted by atomic mass is 32.2. The molecule has 2 unspecified atom stereocenters. The van der Waals surface area contributed by atoms with Crippen LogP contribution < -0.4 is 11.3 Å². The summed E-state index contributed by atoms with van der Waals surface area (Å²) in [6.45, 7) is 4.26. The van der Waals surface area contributed by atoms with Crippen molar-refractivity contribution in [2.45, 2.75) is 38.0 Å². The van der Waals surface area contributed by atoms with Crippen molar-refractivity contribution in [3.8, 4) is 0 Å². The summed E-state index contributed by atoms with van der Waals surface area (Å²) >= 11 is 1.78. The summed E-state index contributed by atoms with van der Waals surface area (Å²) in [4.78, 5) is 0. The molecule has 2 atom stereocenters. The van der Waals surface area contributed by atoms with E-state index in [1.165, 1.54) is 6.07 Å². The van der Waals surface area contributed by atoms with Crippen LogP contribution in [0, 0.1) is 11.6 Å². The van der Waals surface area contributed by atoms with Gasteiger partial charge >= 0.3 is 0 Å². The van der Waals surface area contributed by atoms with Crippen molar-refractivity contribution >= 4 is 11.8 Å². The number of hydrogen-bond donors (Lipinski definition) is 2. The zero-order valence-corrected chi connectivity index (χ0v) is 11.6. The molecule has 102 valence electrons. The first-order valence-electron chi connectivity index (χ1n) is 6.08. The summed E-state index contributed by atoms with van der Waals surface area (Å²) in [5.41, 5.74) is 3.03. The van der Waals surface area contributed by atoms with E-state index < -0.39 is 5.82 Å². The van der Waals surface area contributed by atoms with Crippen LogP contribution in [-0.4, -0.2) is 17.0 Å². The van der Waals surface area contributed by atoms with Crippen LogP contribution in [0.1, 0.15) is 25.8 Å². The summed E-state index contributed by atoms with van der Waals surface area (Å²) in [6, 6.07) is 3.45. The molecule has 0 heterocycles. The van der Waals surface area contributed by atoms with Gasteiger partial charge in [-0.05, 0) is 36.6 Å². The van der Waals surface area contributed by atoms with Crippen molar-refractivity contribution in [3.05, 3.63) is 35.4 Å². The van der Waals surface area contributed by atoms with E-state index in [1.54, 1.807) is 11.8 Å². The third-order valence-electron chi connectivity index (χ3n) is 2.87. The zero-order valence-electron chi connectivity index (χ0n) is 10.7.